The normalized spacial score (nSPS) is 14.8. The summed E-state index contributed by atoms with van der Waals surface area (Å²) in [6.07, 6.45) is 3.51. The maximum Gasteiger partial charge on any atom is 0.273 e. The fourth-order valence-electron chi connectivity index (χ4n) is 3.12. The van der Waals surface area contributed by atoms with Gasteiger partial charge in [0, 0.05) is 44.0 Å². The van der Waals surface area contributed by atoms with Gasteiger partial charge in [0.05, 0.1) is 0 Å². The molecule has 0 bridgehead atoms. The summed E-state index contributed by atoms with van der Waals surface area (Å²) in [5, 5.41) is 1.96. The van der Waals surface area contributed by atoms with Crippen LogP contribution in [0.15, 0.2) is 60.9 Å². The highest BCUT2D eigenvalue weighted by Crippen LogP contribution is 2.19. The van der Waals surface area contributed by atoms with Crippen molar-refractivity contribution in [2.45, 2.75) is 0 Å². The lowest BCUT2D eigenvalue weighted by molar-refractivity contribution is 0.0743. The zero-order valence-electron chi connectivity index (χ0n) is 13.3. The van der Waals surface area contributed by atoms with Crippen LogP contribution >= 0.6 is 0 Å². The molecule has 1 fully saturated rings. The largest absolute Gasteiger partial charge is 0.353 e. The molecular weight excluding hydrogens is 300 g/mol. The van der Waals surface area contributed by atoms with E-state index in [1.54, 1.807) is 12.4 Å². The van der Waals surface area contributed by atoms with Gasteiger partial charge in [-0.1, -0.05) is 30.3 Å². The SMILES string of the molecule is O=C(c1nccc2ccccc12)N1CCN(c2ccccn2)CC1. The number of nitrogens with zero attached hydrogens (tertiary/aromatic N) is 4. The Morgan fingerprint density at radius 3 is 2.42 bits per heavy atom. The van der Waals surface area contributed by atoms with Crippen molar-refractivity contribution in [3.63, 3.8) is 0 Å². The highest BCUT2D eigenvalue weighted by molar-refractivity contribution is 6.05. The van der Waals surface area contributed by atoms with Crippen LogP contribution in [0.2, 0.25) is 0 Å². The van der Waals surface area contributed by atoms with E-state index in [9.17, 15) is 4.79 Å². The zero-order chi connectivity index (χ0) is 16.4. The van der Waals surface area contributed by atoms with Crippen LogP contribution < -0.4 is 4.90 Å². The summed E-state index contributed by atoms with van der Waals surface area (Å²) < 4.78 is 0. The monoisotopic (exact) mass is 318 g/mol. The summed E-state index contributed by atoms with van der Waals surface area (Å²) >= 11 is 0. The number of anilines is 1. The molecule has 1 amide bonds. The molecule has 1 saturated heterocycles. The Bertz CT molecular complexity index is 852. The van der Waals surface area contributed by atoms with E-state index >= 15 is 0 Å². The number of amides is 1. The highest BCUT2D eigenvalue weighted by atomic mass is 16.2. The van der Waals surface area contributed by atoms with E-state index in [1.807, 2.05) is 53.4 Å². The molecule has 4 rings (SSSR count). The molecule has 5 heteroatoms. The molecule has 120 valence electrons. The number of piperazine rings is 1. The van der Waals surface area contributed by atoms with Crippen LogP contribution in [0.4, 0.5) is 5.82 Å². The fraction of sp³-hybridized carbons (Fsp3) is 0.211. The van der Waals surface area contributed by atoms with Gasteiger partial charge in [-0.3, -0.25) is 9.78 Å². The molecule has 2 aromatic heterocycles. The third-order valence-electron chi connectivity index (χ3n) is 4.42. The summed E-state index contributed by atoms with van der Waals surface area (Å²) in [5.41, 5.74) is 0.541. The molecule has 3 heterocycles. The molecule has 1 aromatic carbocycles. The van der Waals surface area contributed by atoms with Gasteiger partial charge < -0.3 is 9.80 Å². The summed E-state index contributed by atoms with van der Waals surface area (Å²) in [6.45, 7) is 2.93. The van der Waals surface area contributed by atoms with Crippen molar-refractivity contribution in [1.82, 2.24) is 14.9 Å². The van der Waals surface area contributed by atoms with Crippen molar-refractivity contribution in [3.8, 4) is 0 Å². The highest BCUT2D eigenvalue weighted by Gasteiger charge is 2.24. The molecule has 0 aliphatic carbocycles. The summed E-state index contributed by atoms with van der Waals surface area (Å²) in [6, 6.07) is 15.7. The average Bonchev–Trinajstić information content (AvgIpc) is 2.68. The maximum absolute atomic E-state index is 12.9. The van der Waals surface area contributed by atoms with Crippen molar-refractivity contribution >= 4 is 22.5 Å². The number of aromatic nitrogens is 2. The van der Waals surface area contributed by atoms with Gasteiger partial charge in [-0.25, -0.2) is 4.98 Å². The Morgan fingerprint density at radius 2 is 1.62 bits per heavy atom. The van der Waals surface area contributed by atoms with Gasteiger partial charge >= 0.3 is 0 Å². The molecular formula is C19H18N4O. The van der Waals surface area contributed by atoms with E-state index < -0.39 is 0 Å². The van der Waals surface area contributed by atoms with E-state index in [2.05, 4.69) is 14.9 Å². The third kappa shape index (κ3) is 2.69. The number of benzene rings is 1. The average molecular weight is 318 g/mol. The van der Waals surface area contributed by atoms with Gasteiger partial charge in [-0.2, -0.15) is 0 Å². The lowest BCUT2D eigenvalue weighted by atomic mass is 10.1. The topological polar surface area (TPSA) is 49.3 Å². The summed E-state index contributed by atoms with van der Waals surface area (Å²) in [5.74, 6) is 0.973. The smallest absolute Gasteiger partial charge is 0.273 e. The molecule has 0 unspecified atom stereocenters. The van der Waals surface area contributed by atoms with E-state index in [4.69, 9.17) is 0 Å². The molecule has 0 N–H and O–H groups in total. The second-order valence-electron chi connectivity index (χ2n) is 5.85. The maximum atomic E-state index is 12.9. The lowest BCUT2D eigenvalue weighted by Crippen LogP contribution is -2.49. The minimum Gasteiger partial charge on any atom is -0.353 e. The van der Waals surface area contributed by atoms with Crippen LogP contribution in [0.1, 0.15) is 10.5 Å². The number of pyridine rings is 2. The Balaban J connectivity index is 1.52. The van der Waals surface area contributed by atoms with E-state index in [0.29, 0.717) is 18.8 Å². The van der Waals surface area contributed by atoms with Crippen LogP contribution in [-0.4, -0.2) is 47.0 Å². The van der Waals surface area contributed by atoms with E-state index in [-0.39, 0.29) is 5.91 Å². The van der Waals surface area contributed by atoms with Crippen molar-refractivity contribution in [2.75, 3.05) is 31.1 Å². The predicted octanol–water partition coefficient (Wildman–Crippen LogP) is 2.59. The predicted molar refractivity (Wildman–Crippen MR) is 94.1 cm³/mol. The second kappa shape index (κ2) is 6.28. The first kappa shape index (κ1) is 14.6. The van der Waals surface area contributed by atoms with Gasteiger partial charge in [0.15, 0.2) is 0 Å². The van der Waals surface area contributed by atoms with Crippen LogP contribution in [0.5, 0.6) is 0 Å². The third-order valence-corrected chi connectivity index (χ3v) is 4.42. The minimum absolute atomic E-state index is 0.00692. The van der Waals surface area contributed by atoms with Crippen LogP contribution in [0, 0.1) is 0 Å². The Hall–Kier alpha value is -2.95. The first-order valence-corrected chi connectivity index (χ1v) is 8.12. The molecule has 0 radical (unpaired) electrons. The molecule has 5 nitrogen and oxygen atoms in total. The van der Waals surface area contributed by atoms with E-state index in [0.717, 1.165) is 29.7 Å². The second-order valence-corrected chi connectivity index (χ2v) is 5.85. The Morgan fingerprint density at radius 1 is 0.833 bits per heavy atom. The van der Waals surface area contributed by atoms with Crippen molar-refractivity contribution in [1.29, 1.82) is 0 Å². The first-order valence-electron chi connectivity index (χ1n) is 8.12. The van der Waals surface area contributed by atoms with Crippen molar-refractivity contribution in [3.05, 3.63) is 66.6 Å². The van der Waals surface area contributed by atoms with Gasteiger partial charge in [-0.15, -0.1) is 0 Å². The molecule has 0 saturated carbocycles. The number of carbonyl (C=O) groups excluding carboxylic acids is 1. The number of carbonyl (C=O) groups is 1. The van der Waals surface area contributed by atoms with Gasteiger partial charge in [-0.05, 0) is 23.6 Å². The molecule has 0 spiro atoms. The first-order chi connectivity index (χ1) is 11.8. The van der Waals surface area contributed by atoms with E-state index in [1.165, 1.54) is 0 Å². The molecule has 3 aromatic rings. The Labute approximate surface area is 140 Å². The minimum atomic E-state index is 0.00692. The summed E-state index contributed by atoms with van der Waals surface area (Å²) in [7, 11) is 0. The lowest BCUT2D eigenvalue weighted by Gasteiger charge is -2.35. The standard InChI is InChI=1S/C19H18N4O/c24-19(18-16-6-2-1-5-15(16)8-10-21-18)23-13-11-22(12-14-23)17-7-3-4-9-20-17/h1-10H,11-14H2. The van der Waals surface area contributed by atoms with Gasteiger partial charge in [0.1, 0.15) is 11.5 Å². The van der Waals surface area contributed by atoms with Gasteiger partial charge in [0.25, 0.3) is 5.91 Å². The number of fused-ring (bicyclic) bond motifs is 1. The van der Waals surface area contributed by atoms with Crippen molar-refractivity contribution in [2.24, 2.45) is 0 Å². The quantitative estimate of drug-likeness (QED) is 0.729. The van der Waals surface area contributed by atoms with Crippen LogP contribution in [0.25, 0.3) is 10.8 Å². The van der Waals surface area contributed by atoms with Crippen LogP contribution in [0.3, 0.4) is 0 Å². The molecule has 0 atom stereocenters. The number of rotatable bonds is 2. The number of hydrogen-bond acceptors (Lipinski definition) is 4. The molecule has 24 heavy (non-hydrogen) atoms. The van der Waals surface area contributed by atoms with Crippen molar-refractivity contribution < 1.29 is 4.79 Å². The number of hydrogen-bond donors (Lipinski definition) is 0. The Kier molecular flexibility index (Phi) is 3.83. The van der Waals surface area contributed by atoms with Crippen LogP contribution in [-0.2, 0) is 0 Å². The molecule has 1 aliphatic heterocycles. The fourth-order valence-corrected chi connectivity index (χ4v) is 3.12. The summed E-state index contributed by atoms with van der Waals surface area (Å²) in [4.78, 5) is 25.7. The van der Waals surface area contributed by atoms with Gasteiger partial charge in [0.2, 0.25) is 0 Å². The zero-order valence-corrected chi connectivity index (χ0v) is 13.3. The molecule has 1 aliphatic rings.